The molecule has 4 aliphatic heterocycles. The Morgan fingerprint density at radius 3 is 1.20 bits per heavy atom. The number of fused-ring (bicyclic) bond motifs is 18. The first kappa shape index (κ1) is 61.3. The second-order valence-corrected chi connectivity index (χ2v) is 33.1. The normalized spacial score (nSPS) is 14.5. The number of ether oxygens (including phenoxy) is 2. The third-order valence-electron chi connectivity index (χ3n) is 23.0. The van der Waals surface area contributed by atoms with Crippen molar-refractivity contribution < 1.29 is 9.47 Å². The summed E-state index contributed by atoms with van der Waals surface area (Å²) in [7, 11) is 0. The molecule has 0 aromatic heterocycles. The van der Waals surface area contributed by atoms with E-state index in [-0.39, 0.29) is 35.1 Å². The van der Waals surface area contributed by atoms with Gasteiger partial charge in [-0.3, -0.25) is 0 Å². The van der Waals surface area contributed by atoms with Crippen LogP contribution < -0.4 is 52.1 Å². The summed E-state index contributed by atoms with van der Waals surface area (Å²) in [5.41, 5.74) is 34.7. The van der Waals surface area contributed by atoms with Gasteiger partial charge in [0.25, 0.3) is 13.4 Å². The highest BCUT2D eigenvalue weighted by atomic mass is 16.5. The molecule has 2 aliphatic carbocycles. The zero-order valence-electron chi connectivity index (χ0n) is 59.8. The summed E-state index contributed by atoms with van der Waals surface area (Å²) in [4.78, 5) is 5.28. The van der Waals surface area contributed by atoms with Crippen molar-refractivity contribution in [2.45, 2.75) is 110 Å². The van der Waals surface area contributed by atoms with Gasteiger partial charge in [-0.1, -0.05) is 289 Å². The lowest BCUT2D eigenvalue weighted by atomic mass is 9.30. The van der Waals surface area contributed by atoms with Gasteiger partial charge in [-0.25, -0.2) is 0 Å². The molecular formula is C95H80B2N2O2. The molecule has 0 atom stereocenters. The minimum absolute atomic E-state index is 0.113. The maximum Gasteiger partial charge on any atom is 0.256 e. The van der Waals surface area contributed by atoms with E-state index in [0.29, 0.717) is 0 Å². The lowest BCUT2D eigenvalue weighted by Crippen LogP contribution is -2.64. The van der Waals surface area contributed by atoms with E-state index in [1.165, 1.54) is 99.7 Å². The molecule has 0 saturated carbocycles. The maximum atomic E-state index is 7.81. The van der Waals surface area contributed by atoms with Crippen LogP contribution in [0.4, 0.5) is 34.1 Å². The van der Waals surface area contributed by atoms with Crippen molar-refractivity contribution in [2.24, 2.45) is 0 Å². The summed E-state index contributed by atoms with van der Waals surface area (Å²) in [6.07, 6.45) is 0. The van der Waals surface area contributed by atoms with Crippen LogP contribution >= 0.6 is 0 Å². The SMILES string of the molecule is CC(C)(C)c1ccc2c(c1)Oc1cc(-c3cccc4c3C3(c5ccccc5-c5ccccc53)c3ccccc3-4)cc3c1B2c1cc2c(cc1N3c1ccccc1-c1ccccc1)N(c1ccc(C(C)(C)C)cc1-c1ccccc1)c1cc(C(C)(C)C)cc3c1B2c1ccc(C(C)(C)C)cc1O3. The van der Waals surface area contributed by atoms with E-state index < -0.39 is 5.41 Å². The lowest BCUT2D eigenvalue weighted by molar-refractivity contribution is 0.479. The van der Waals surface area contributed by atoms with Gasteiger partial charge in [0, 0.05) is 33.9 Å². The molecule has 13 aromatic rings. The number of benzene rings is 13. The molecule has 0 saturated heterocycles. The summed E-state index contributed by atoms with van der Waals surface area (Å²) in [5.74, 6) is 3.57. The summed E-state index contributed by atoms with van der Waals surface area (Å²) in [6, 6.07) is 102. The number of para-hydroxylation sites is 1. The molecule has 0 unspecified atom stereocenters. The van der Waals surface area contributed by atoms with Crippen LogP contribution in [-0.2, 0) is 27.1 Å². The van der Waals surface area contributed by atoms with E-state index in [4.69, 9.17) is 9.47 Å². The molecule has 488 valence electrons. The van der Waals surface area contributed by atoms with Crippen molar-refractivity contribution in [3.63, 3.8) is 0 Å². The molecule has 4 nitrogen and oxygen atoms in total. The third kappa shape index (κ3) is 9.02. The Hall–Kier alpha value is -10.8. The first-order chi connectivity index (χ1) is 48.6. The second kappa shape index (κ2) is 21.6. The predicted molar refractivity (Wildman–Crippen MR) is 426 cm³/mol. The maximum absolute atomic E-state index is 7.81. The summed E-state index contributed by atoms with van der Waals surface area (Å²) in [5, 5.41) is 0. The van der Waals surface area contributed by atoms with E-state index in [0.717, 1.165) is 90.3 Å². The molecule has 4 heterocycles. The van der Waals surface area contributed by atoms with Gasteiger partial charge in [-0.2, -0.15) is 0 Å². The molecule has 0 bridgehead atoms. The van der Waals surface area contributed by atoms with Crippen LogP contribution in [0.15, 0.2) is 267 Å². The monoisotopic (exact) mass is 1300 g/mol. The molecule has 13 aromatic carbocycles. The zero-order valence-corrected chi connectivity index (χ0v) is 59.8. The largest absolute Gasteiger partial charge is 0.458 e. The van der Waals surface area contributed by atoms with Crippen molar-refractivity contribution >= 4 is 80.3 Å². The molecule has 6 aliphatic rings. The van der Waals surface area contributed by atoms with Gasteiger partial charge in [0.05, 0.1) is 16.8 Å². The topological polar surface area (TPSA) is 24.9 Å². The fourth-order valence-electron chi connectivity index (χ4n) is 18.0. The van der Waals surface area contributed by atoms with Gasteiger partial charge in [-0.15, -0.1) is 0 Å². The highest BCUT2D eigenvalue weighted by Gasteiger charge is 2.54. The van der Waals surface area contributed by atoms with Gasteiger partial charge in [0.1, 0.15) is 23.0 Å². The van der Waals surface area contributed by atoms with Gasteiger partial charge in [0.2, 0.25) is 0 Å². The molecule has 0 N–H and O–H groups in total. The van der Waals surface area contributed by atoms with Crippen molar-refractivity contribution in [3.05, 3.63) is 311 Å². The number of anilines is 6. The van der Waals surface area contributed by atoms with Crippen LogP contribution in [0.3, 0.4) is 0 Å². The molecular weight excluding hydrogens is 1220 g/mol. The van der Waals surface area contributed by atoms with Gasteiger partial charge in [0.15, 0.2) is 0 Å². The molecule has 1 spiro atoms. The summed E-state index contributed by atoms with van der Waals surface area (Å²) >= 11 is 0. The fourth-order valence-corrected chi connectivity index (χ4v) is 18.0. The van der Waals surface area contributed by atoms with Crippen LogP contribution in [0.1, 0.15) is 128 Å². The summed E-state index contributed by atoms with van der Waals surface area (Å²) < 4.78 is 15.3. The Balaban J connectivity index is 0.958. The Morgan fingerprint density at radius 1 is 0.257 bits per heavy atom. The zero-order chi connectivity index (χ0) is 69.0. The van der Waals surface area contributed by atoms with E-state index in [1.54, 1.807) is 0 Å². The Kier molecular flexibility index (Phi) is 13.1. The first-order valence-electron chi connectivity index (χ1n) is 36.2. The van der Waals surface area contributed by atoms with Crippen LogP contribution in [-0.4, -0.2) is 13.4 Å². The van der Waals surface area contributed by atoms with E-state index in [2.05, 4.69) is 360 Å². The van der Waals surface area contributed by atoms with Crippen LogP contribution in [0.25, 0.3) is 55.6 Å². The highest BCUT2D eigenvalue weighted by molar-refractivity contribution is 7.02. The highest BCUT2D eigenvalue weighted by Crippen LogP contribution is 2.65. The third-order valence-corrected chi connectivity index (χ3v) is 23.0. The van der Waals surface area contributed by atoms with Crippen molar-refractivity contribution in [3.8, 4) is 78.6 Å². The molecule has 0 amide bonds. The lowest BCUT2D eigenvalue weighted by Gasteiger charge is -2.45. The van der Waals surface area contributed by atoms with Gasteiger partial charge >= 0.3 is 0 Å². The minimum Gasteiger partial charge on any atom is -0.458 e. The average Bonchev–Trinajstić information content (AvgIpc) is 1.62. The second-order valence-electron chi connectivity index (χ2n) is 33.1. The predicted octanol–water partition coefficient (Wildman–Crippen LogP) is 21.0. The van der Waals surface area contributed by atoms with Crippen LogP contribution in [0.5, 0.6) is 23.0 Å². The minimum atomic E-state index is -0.598. The van der Waals surface area contributed by atoms with Crippen LogP contribution in [0.2, 0.25) is 0 Å². The van der Waals surface area contributed by atoms with Gasteiger partial charge in [-0.05, 0) is 204 Å². The number of hydrogen-bond acceptors (Lipinski definition) is 4. The van der Waals surface area contributed by atoms with E-state index in [1.807, 2.05) is 0 Å². The van der Waals surface area contributed by atoms with Crippen LogP contribution in [0, 0.1) is 0 Å². The van der Waals surface area contributed by atoms with Crippen molar-refractivity contribution in [2.75, 3.05) is 9.80 Å². The fraction of sp³-hybridized carbons (Fsp3) is 0.179. The summed E-state index contributed by atoms with van der Waals surface area (Å²) in [6.45, 7) is 27.4. The molecule has 0 fully saturated rings. The number of hydrogen-bond donors (Lipinski definition) is 0. The van der Waals surface area contributed by atoms with E-state index >= 15 is 0 Å². The van der Waals surface area contributed by atoms with Crippen molar-refractivity contribution in [1.82, 2.24) is 0 Å². The molecule has 6 heteroatoms. The first-order valence-corrected chi connectivity index (χ1v) is 36.2. The average molecular weight is 1300 g/mol. The Labute approximate surface area is 596 Å². The Morgan fingerprint density at radius 2 is 0.663 bits per heavy atom. The molecule has 0 radical (unpaired) electrons. The number of nitrogens with zero attached hydrogens (tertiary/aromatic N) is 2. The number of rotatable bonds is 5. The van der Waals surface area contributed by atoms with Crippen molar-refractivity contribution in [1.29, 1.82) is 0 Å². The smallest absolute Gasteiger partial charge is 0.256 e. The van der Waals surface area contributed by atoms with Gasteiger partial charge < -0.3 is 19.3 Å². The molecule has 19 rings (SSSR count). The molecule has 101 heavy (non-hydrogen) atoms. The quantitative estimate of drug-likeness (QED) is 0.160. The Bertz CT molecular complexity index is 5620. The standard InChI is InChI=1S/C95H80B2N2O2/c1-91(2,3)60-44-47-79(70(50-60)58-30-17-14-18-31-58)99-81-56-80-76(55-77(81)97-75-46-43-62(93(7,8)9)53-85(75)101-87-54-63(94(10,11)12)51-83(99)90(87)97)96-74-45-42-61(92(4,5)6)52-84(74)100-86-49-59(48-82(89(86)96)98(80)78-41-26-22-32-64(78)57-28-15-13-16-29-57)65-36-27-37-69-68-35-21-25-40-73(68)95(88(65)69)71-38-23-19-33-66(71)67-34-20-24-39-72(67)95/h13-56H,1-12H3. The van der Waals surface area contributed by atoms with E-state index in [9.17, 15) is 0 Å².